The van der Waals surface area contributed by atoms with E-state index in [0.29, 0.717) is 16.5 Å². The smallest absolute Gasteiger partial charge is 0.309 e. The number of benzene rings is 1. The van der Waals surface area contributed by atoms with Crippen LogP contribution in [0.1, 0.15) is 15.5 Å². The Balaban J connectivity index is 1.93. The number of carbonyl (C=O) groups excluding carboxylic acids is 1. The molecule has 2 aromatic rings. The number of thiazole rings is 1. The van der Waals surface area contributed by atoms with Crippen molar-refractivity contribution in [3.63, 3.8) is 0 Å². The van der Waals surface area contributed by atoms with Crippen LogP contribution in [-0.4, -0.2) is 28.4 Å². The highest BCUT2D eigenvalue weighted by molar-refractivity contribution is 7.11. The Morgan fingerprint density at radius 3 is 2.65 bits per heavy atom. The lowest BCUT2D eigenvalue weighted by molar-refractivity contribution is -0.136. The van der Waals surface area contributed by atoms with Crippen molar-refractivity contribution in [1.82, 2.24) is 4.98 Å². The quantitative estimate of drug-likeness (QED) is 0.830. The van der Waals surface area contributed by atoms with Gasteiger partial charge in [0.1, 0.15) is 5.75 Å². The molecule has 0 aliphatic heterocycles. The Hall–Kier alpha value is -1.92. The molecular weight excluding hydrogens is 302 g/mol. The number of aromatic nitrogens is 1. The molecule has 1 aromatic carbocycles. The third kappa shape index (κ3) is 4.04. The van der Waals surface area contributed by atoms with E-state index in [4.69, 9.17) is 21.4 Å². The number of carbonyl (C=O) groups is 2. The van der Waals surface area contributed by atoms with Gasteiger partial charge in [-0.1, -0.05) is 11.6 Å². The highest BCUT2D eigenvalue weighted by Crippen LogP contribution is 2.16. The molecular formula is C13H10ClNO4S. The minimum Gasteiger partial charge on any atom is -0.485 e. The normalized spacial score (nSPS) is 10.2. The fourth-order valence-corrected chi connectivity index (χ4v) is 2.28. The molecule has 104 valence electrons. The zero-order valence-electron chi connectivity index (χ0n) is 10.2. The van der Waals surface area contributed by atoms with Crippen molar-refractivity contribution in [1.29, 1.82) is 0 Å². The van der Waals surface area contributed by atoms with E-state index in [2.05, 4.69) is 4.98 Å². The van der Waals surface area contributed by atoms with Gasteiger partial charge in [0.25, 0.3) is 0 Å². The first-order valence-electron chi connectivity index (χ1n) is 5.62. The summed E-state index contributed by atoms with van der Waals surface area (Å²) in [4.78, 5) is 26.3. The van der Waals surface area contributed by atoms with Gasteiger partial charge >= 0.3 is 5.97 Å². The summed E-state index contributed by atoms with van der Waals surface area (Å²) in [6, 6.07) is 6.64. The third-order valence-corrected chi connectivity index (χ3v) is 3.49. The van der Waals surface area contributed by atoms with Gasteiger partial charge in [-0.3, -0.25) is 9.59 Å². The first kappa shape index (κ1) is 14.5. The van der Waals surface area contributed by atoms with Crippen LogP contribution in [-0.2, 0) is 11.2 Å². The second kappa shape index (κ2) is 6.49. The zero-order valence-corrected chi connectivity index (χ0v) is 11.8. The number of ketones is 1. The van der Waals surface area contributed by atoms with Gasteiger partial charge in [0.05, 0.1) is 12.1 Å². The van der Waals surface area contributed by atoms with E-state index in [-0.39, 0.29) is 23.8 Å². The Bertz CT molecular complexity index is 624. The van der Waals surface area contributed by atoms with Crippen molar-refractivity contribution in [2.75, 3.05) is 6.61 Å². The summed E-state index contributed by atoms with van der Waals surface area (Å²) in [5.41, 5.74) is 0.373. The van der Waals surface area contributed by atoms with Crippen molar-refractivity contribution in [3.05, 3.63) is 45.4 Å². The number of ether oxygens (including phenoxy) is 1. The number of hydrogen-bond donors (Lipinski definition) is 1. The number of carboxylic acid groups (broad SMARTS) is 1. The first-order valence-corrected chi connectivity index (χ1v) is 6.88. The molecule has 0 aliphatic carbocycles. The van der Waals surface area contributed by atoms with E-state index >= 15 is 0 Å². The maximum atomic E-state index is 11.8. The monoisotopic (exact) mass is 311 g/mol. The Morgan fingerprint density at radius 2 is 2.00 bits per heavy atom. The van der Waals surface area contributed by atoms with Crippen molar-refractivity contribution in [2.24, 2.45) is 0 Å². The molecule has 1 aromatic heterocycles. The van der Waals surface area contributed by atoms with Crippen LogP contribution in [0.15, 0.2) is 29.6 Å². The number of carboxylic acids is 1. The molecule has 0 radical (unpaired) electrons. The number of nitrogens with zero attached hydrogens (tertiary/aromatic N) is 1. The molecule has 1 N–H and O–H groups in total. The Morgan fingerprint density at radius 1 is 1.30 bits per heavy atom. The largest absolute Gasteiger partial charge is 0.485 e. The lowest BCUT2D eigenvalue weighted by Crippen LogP contribution is -2.11. The number of rotatable bonds is 6. The van der Waals surface area contributed by atoms with Gasteiger partial charge in [0.15, 0.2) is 11.6 Å². The van der Waals surface area contributed by atoms with Crippen LogP contribution >= 0.6 is 22.9 Å². The first-order chi connectivity index (χ1) is 9.54. The maximum Gasteiger partial charge on any atom is 0.309 e. The van der Waals surface area contributed by atoms with Crippen LogP contribution in [0, 0.1) is 0 Å². The second-order valence-corrected chi connectivity index (χ2v) is 5.17. The summed E-state index contributed by atoms with van der Waals surface area (Å²) in [5, 5.41) is 11.0. The van der Waals surface area contributed by atoms with Crippen molar-refractivity contribution >= 4 is 34.7 Å². The predicted molar refractivity (Wildman–Crippen MR) is 74.7 cm³/mol. The van der Waals surface area contributed by atoms with Gasteiger partial charge in [-0.25, -0.2) is 4.98 Å². The molecule has 5 nitrogen and oxygen atoms in total. The fraction of sp³-hybridized carbons (Fsp3) is 0.154. The number of halogens is 1. The Kier molecular flexibility index (Phi) is 4.70. The molecule has 1 heterocycles. The lowest BCUT2D eigenvalue weighted by atomic mass is 10.3. The molecule has 0 aliphatic rings. The molecule has 0 spiro atoms. The van der Waals surface area contributed by atoms with Crippen molar-refractivity contribution < 1.29 is 19.4 Å². The topological polar surface area (TPSA) is 76.5 Å². The minimum atomic E-state index is -0.980. The number of aliphatic carboxylic acids is 1. The van der Waals surface area contributed by atoms with Crippen LogP contribution in [0.3, 0.4) is 0 Å². The zero-order chi connectivity index (χ0) is 14.5. The summed E-state index contributed by atoms with van der Waals surface area (Å²) < 4.78 is 5.31. The maximum absolute atomic E-state index is 11.8. The van der Waals surface area contributed by atoms with E-state index in [1.54, 1.807) is 29.6 Å². The molecule has 2 rings (SSSR count). The lowest BCUT2D eigenvalue weighted by Gasteiger charge is -2.03. The van der Waals surface area contributed by atoms with Gasteiger partial charge in [-0.15, -0.1) is 11.3 Å². The highest BCUT2D eigenvalue weighted by Gasteiger charge is 2.13. The van der Waals surface area contributed by atoms with E-state index in [9.17, 15) is 9.59 Å². The van der Waals surface area contributed by atoms with Gasteiger partial charge in [0, 0.05) is 10.4 Å². The third-order valence-electron chi connectivity index (χ3n) is 2.31. The van der Waals surface area contributed by atoms with E-state index in [1.807, 2.05) is 0 Å². The highest BCUT2D eigenvalue weighted by atomic mass is 35.5. The number of hydrogen-bond acceptors (Lipinski definition) is 5. The molecule has 0 fully saturated rings. The number of Topliss-reactive ketones (excluding diaryl/α,β-unsaturated/α-hetero) is 1. The van der Waals surface area contributed by atoms with Crippen LogP contribution < -0.4 is 4.74 Å². The SMILES string of the molecule is O=C(O)Cc1csc(C(=O)COc2ccc(Cl)cc2)n1. The van der Waals surface area contributed by atoms with Gasteiger partial charge < -0.3 is 9.84 Å². The van der Waals surface area contributed by atoms with E-state index in [1.165, 1.54) is 0 Å². The molecule has 0 amide bonds. The van der Waals surface area contributed by atoms with Crippen LogP contribution in [0.5, 0.6) is 5.75 Å². The molecule has 0 atom stereocenters. The van der Waals surface area contributed by atoms with Gasteiger partial charge in [-0.05, 0) is 24.3 Å². The summed E-state index contributed by atoms with van der Waals surface area (Å²) in [6.07, 6.45) is -0.193. The molecule has 20 heavy (non-hydrogen) atoms. The molecule has 0 saturated carbocycles. The molecule has 0 unspecified atom stereocenters. The standard InChI is InChI=1S/C13H10ClNO4S/c14-8-1-3-10(4-2-8)19-6-11(16)13-15-9(7-20-13)5-12(17)18/h1-4,7H,5-6H2,(H,17,18). The van der Waals surface area contributed by atoms with Crippen molar-refractivity contribution in [3.8, 4) is 5.75 Å². The summed E-state index contributed by atoms with van der Waals surface area (Å²) in [6.45, 7) is -0.151. The van der Waals surface area contributed by atoms with E-state index < -0.39 is 5.97 Å². The summed E-state index contributed by atoms with van der Waals surface area (Å²) >= 11 is 6.85. The van der Waals surface area contributed by atoms with Gasteiger partial charge in [0.2, 0.25) is 5.78 Å². The van der Waals surface area contributed by atoms with Crippen LogP contribution in [0.25, 0.3) is 0 Å². The van der Waals surface area contributed by atoms with Gasteiger partial charge in [-0.2, -0.15) is 0 Å². The Labute approximate surface area is 123 Å². The van der Waals surface area contributed by atoms with Crippen LogP contribution in [0.2, 0.25) is 5.02 Å². The molecule has 7 heteroatoms. The summed E-state index contributed by atoms with van der Waals surface area (Å²) in [5.74, 6) is -0.738. The summed E-state index contributed by atoms with van der Waals surface area (Å²) in [7, 11) is 0. The minimum absolute atomic E-state index is 0.151. The van der Waals surface area contributed by atoms with E-state index in [0.717, 1.165) is 11.3 Å². The fourth-order valence-electron chi connectivity index (χ4n) is 1.41. The molecule has 0 saturated heterocycles. The second-order valence-electron chi connectivity index (χ2n) is 3.88. The van der Waals surface area contributed by atoms with Crippen LogP contribution in [0.4, 0.5) is 0 Å². The average molecular weight is 312 g/mol. The molecule has 0 bridgehead atoms. The van der Waals surface area contributed by atoms with Crippen molar-refractivity contribution in [2.45, 2.75) is 6.42 Å². The predicted octanol–water partition coefficient (Wildman–Crippen LogP) is 2.69. The average Bonchev–Trinajstić information content (AvgIpc) is 2.85.